The summed E-state index contributed by atoms with van der Waals surface area (Å²) in [5.41, 5.74) is 2.68. The third kappa shape index (κ3) is 3.61. The fraction of sp³-hybridized carbons (Fsp3) is 0.474. The second-order valence-electron chi connectivity index (χ2n) is 6.98. The van der Waals surface area contributed by atoms with Gasteiger partial charge in [-0.1, -0.05) is 24.6 Å². The Labute approximate surface area is 150 Å². The molecule has 7 heteroatoms. The van der Waals surface area contributed by atoms with Crippen molar-refractivity contribution in [1.82, 2.24) is 9.78 Å². The standard InChI is InChI=1S/C19H22F3N3O/c1-12-6-7-16-15(9-12)5-4-8-24(16)18(26)13(2)11-25-14(3)10-17(23-25)19(20,21)22/h6-7,9-10,13H,4-5,8,11H2,1-3H3/t13-/m0/s1. The molecule has 0 unspecified atom stereocenters. The van der Waals surface area contributed by atoms with E-state index in [9.17, 15) is 18.0 Å². The Morgan fingerprint density at radius 2 is 2.00 bits per heavy atom. The van der Waals surface area contributed by atoms with Crippen molar-refractivity contribution < 1.29 is 18.0 Å². The van der Waals surface area contributed by atoms with Crippen LogP contribution in [0.2, 0.25) is 0 Å². The van der Waals surface area contributed by atoms with E-state index in [0.717, 1.165) is 35.7 Å². The van der Waals surface area contributed by atoms with E-state index in [-0.39, 0.29) is 12.5 Å². The summed E-state index contributed by atoms with van der Waals surface area (Å²) in [6.45, 7) is 6.07. The molecule has 1 aliphatic heterocycles. The molecular weight excluding hydrogens is 343 g/mol. The molecule has 4 nitrogen and oxygen atoms in total. The molecule has 0 N–H and O–H groups in total. The molecule has 0 saturated carbocycles. The molecule has 140 valence electrons. The van der Waals surface area contributed by atoms with Crippen molar-refractivity contribution in [2.24, 2.45) is 5.92 Å². The van der Waals surface area contributed by atoms with Crippen LogP contribution in [0.3, 0.4) is 0 Å². The SMILES string of the molecule is Cc1ccc2c(c1)CCCN2C(=O)[C@@H](C)Cn1nc(C(F)(F)F)cc1C. The number of aryl methyl sites for hydroxylation is 3. The fourth-order valence-corrected chi connectivity index (χ4v) is 3.39. The van der Waals surface area contributed by atoms with Crippen molar-refractivity contribution in [3.63, 3.8) is 0 Å². The van der Waals surface area contributed by atoms with E-state index in [2.05, 4.69) is 11.2 Å². The summed E-state index contributed by atoms with van der Waals surface area (Å²) >= 11 is 0. The Morgan fingerprint density at radius 3 is 2.65 bits per heavy atom. The number of alkyl halides is 3. The highest BCUT2D eigenvalue weighted by Crippen LogP contribution is 2.30. The van der Waals surface area contributed by atoms with Crippen LogP contribution in [0.1, 0.15) is 35.9 Å². The van der Waals surface area contributed by atoms with Crippen LogP contribution in [0.15, 0.2) is 24.3 Å². The maximum Gasteiger partial charge on any atom is 0.435 e. The van der Waals surface area contributed by atoms with Crippen molar-refractivity contribution in [2.45, 2.75) is 46.3 Å². The maximum atomic E-state index is 12.9. The number of halogens is 3. The highest BCUT2D eigenvalue weighted by molar-refractivity contribution is 5.96. The first kappa shape index (κ1) is 18.5. The van der Waals surface area contributed by atoms with Gasteiger partial charge in [0, 0.05) is 17.9 Å². The summed E-state index contributed by atoms with van der Waals surface area (Å²) in [4.78, 5) is 14.7. The number of benzene rings is 1. The number of hydrogen-bond donors (Lipinski definition) is 0. The zero-order valence-corrected chi connectivity index (χ0v) is 15.1. The quantitative estimate of drug-likeness (QED) is 0.820. The normalized spacial score (nSPS) is 15.7. The molecule has 0 radical (unpaired) electrons. The molecule has 0 spiro atoms. The predicted molar refractivity (Wildman–Crippen MR) is 93.0 cm³/mol. The number of aromatic nitrogens is 2. The van der Waals surface area contributed by atoms with Crippen molar-refractivity contribution in [3.05, 3.63) is 46.8 Å². The second-order valence-corrected chi connectivity index (χ2v) is 6.98. The topological polar surface area (TPSA) is 38.1 Å². The van der Waals surface area contributed by atoms with Gasteiger partial charge in [0.15, 0.2) is 5.69 Å². The molecule has 1 aromatic heterocycles. The van der Waals surface area contributed by atoms with Gasteiger partial charge in [-0.3, -0.25) is 9.48 Å². The molecule has 1 aliphatic rings. The number of carbonyl (C=O) groups excluding carboxylic acids is 1. The monoisotopic (exact) mass is 365 g/mol. The van der Waals surface area contributed by atoms with Crippen LogP contribution >= 0.6 is 0 Å². The number of amides is 1. The Balaban J connectivity index is 1.79. The smallest absolute Gasteiger partial charge is 0.312 e. The van der Waals surface area contributed by atoms with Crippen LogP contribution in [0.25, 0.3) is 0 Å². The zero-order valence-electron chi connectivity index (χ0n) is 15.1. The first-order valence-corrected chi connectivity index (χ1v) is 8.69. The lowest BCUT2D eigenvalue weighted by Gasteiger charge is -2.32. The van der Waals surface area contributed by atoms with Crippen LogP contribution in [0, 0.1) is 19.8 Å². The van der Waals surface area contributed by atoms with Gasteiger partial charge in [0.05, 0.1) is 12.5 Å². The van der Waals surface area contributed by atoms with E-state index < -0.39 is 17.8 Å². The zero-order chi connectivity index (χ0) is 19.1. The summed E-state index contributed by atoms with van der Waals surface area (Å²) in [6, 6.07) is 7.03. The lowest BCUT2D eigenvalue weighted by molar-refractivity contribution is -0.141. The Bertz CT molecular complexity index is 826. The number of rotatable bonds is 3. The van der Waals surface area contributed by atoms with Crippen molar-refractivity contribution >= 4 is 11.6 Å². The average Bonchev–Trinajstić information content (AvgIpc) is 2.94. The van der Waals surface area contributed by atoms with E-state index in [1.165, 1.54) is 4.68 Å². The highest BCUT2D eigenvalue weighted by Gasteiger charge is 2.35. The number of nitrogens with zero attached hydrogens (tertiary/aromatic N) is 3. The van der Waals surface area contributed by atoms with Gasteiger partial charge in [0.1, 0.15) is 0 Å². The molecule has 1 atom stereocenters. The second kappa shape index (κ2) is 6.78. The van der Waals surface area contributed by atoms with Gasteiger partial charge in [-0.05, 0) is 44.4 Å². The van der Waals surface area contributed by atoms with E-state index in [4.69, 9.17) is 0 Å². The summed E-state index contributed by atoms with van der Waals surface area (Å²) in [7, 11) is 0. The Morgan fingerprint density at radius 1 is 1.27 bits per heavy atom. The lowest BCUT2D eigenvalue weighted by atomic mass is 9.98. The first-order chi connectivity index (χ1) is 12.2. The van der Waals surface area contributed by atoms with E-state index >= 15 is 0 Å². The van der Waals surface area contributed by atoms with E-state index in [1.807, 2.05) is 19.1 Å². The molecule has 1 aromatic carbocycles. The van der Waals surface area contributed by atoms with Gasteiger partial charge in [-0.2, -0.15) is 18.3 Å². The van der Waals surface area contributed by atoms with Crippen LogP contribution in [-0.4, -0.2) is 22.2 Å². The number of hydrogen-bond acceptors (Lipinski definition) is 2. The minimum atomic E-state index is -4.48. The van der Waals surface area contributed by atoms with E-state index in [1.54, 1.807) is 18.7 Å². The summed E-state index contributed by atoms with van der Waals surface area (Å²) < 4.78 is 39.7. The predicted octanol–water partition coefficient (Wildman–Crippen LogP) is 4.13. The Kier molecular flexibility index (Phi) is 4.82. The van der Waals surface area contributed by atoms with Crippen LogP contribution < -0.4 is 4.90 Å². The van der Waals surface area contributed by atoms with Gasteiger partial charge in [-0.25, -0.2) is 0 Å². The molecule has 1 amide bonds. The largest absolute Gasteiger partial charge is 0.435 e. The molecule has 26 heavy (non-hydrogen) atoms. The third-order valence-electron chi connectivity index (χ3n) is 4.76. The molecule has 0 bridgehead atoms. The van der Waals surface area contributed by atoms with Crippen LogP contribution in [-0.2, 0) is 23.9 Å². The van der Waals surface area contributed by atoms with Crippen LogP contribution in [0.5, 0.6) is 0 Å². The average molecular weight is 365 g/mol. The van der Waals surface area contributed by atoms with Gasteiger partial charge < -0.3 is 4.90 Å². The van der Waals surface area contributed by atoms with Gasteiger partial charge in [0.25, 0.3) is 0 Å². The number of carbonyl (C=O) groups is 1. The summed E-state index contributed by atoms with van der Waals surface area (Å²) in [5.74, 6) is -0.555. The molecule has 2 heterocycles. The van der Waals surface area contributed by atoms with Gasteiger partial charge in [-0.15, -0.1) is 0 Å². The van der Waals surface area contributed by atoms with Crippen LogP contribution in [0.4, 0.5) is 18.9 Å². The summed E-state index contributed by atoms with van der Waals surface area (Å²) in [5, 5.41) is 3.63. The molecule has 3 rings (SSSR count). The van der Waals surface area contributed by atoms with Gasteiger partial charge in [0.2, 0.25) is 5.91 Å². The number of anilines is 1. The summed E-state index contributed by atoms with van der Waals surface area (Å²) in [6.07, 6.45) is -2.66. The fourth-order valence-electron chi connectivity index (χ4n) is 3.39. The maximum absolute atomic E-state index is 12.9. The number of fused-ring (bicyclic) bond motifs is 1. The Hall–Kier alpha value is -2.31. The minimum Gasteiger partial charge on any atom is -0.312 e. The van der Waals surface area contributed by atoms with Crippen molar-refractivity contribution in [2.75, 3.05) is 11.4 Å². The molecule has 0 fully saturated rings. The third-order valence-corrected chi connectivity index (χ3v) is 4.76. The van der Waals surface area contributed by atoms with Crippen molar-refractivity contribution in [3.8, 4) is 0 Å². The van der Waals surface area contributed by atoms with Gasteiger partial charge >= 0.3 is 6.18 Å². The molecule has 0 saturated heterocycles. The molecule has 2 aromatic rings. The molecular formula is C19H22F3N3O. The highest BCUT2D eigenvalue weighted by atomic mass is 19.4. The lowest BCUT2D eigenvalue weighted by Crippen LogP contribution is -2.40. The van der Waals surface area contributed by atoms with Crippen molar-refractivity contribution in [1.29, 1.82) is 0 Å². The first-order valence-electron chi connectivity index (χ1n) is 8.69. The molecule has 0 aliphatic carbocycles. The minimum absolute atomic E-state index is 0.0849. The van der Waals surface area contributed by atoms with E-state index in [0.29, 0.717) is 12.2 Å².